The molecule has 6 nitrogen and oxygen atoms in total. The van der Waals surface area contributed by atoms with Crippen LogP contribution in [0.4, 0.5) is 4.79 Å². The van der Waals surface area contributed by atoms with Crippen LogP contribution in [0.3, 0.4) is 0 Å². The minimum Gasteiger partial charge on any atom is -0.465 e. The summed E-state index contributed by atoms with van der Waals surface area (Å²) in [6.45, 7) is 5.86. The molecule has 2 rings (SSSR count). The summed E-state index contributed by atoms with van der Waals surface area (Å²) in [6, 6.07) is 10.5. The Kier molecular flexibility index (Phi) is 7.33. The third-order valence-corrected chi connectivity index (χ3v) is 6.67. The zero-order chi connectivity index (χ0) is 21.1. The van der Waals surface area contributed by atoms with Crippen LogP contribution < -0.4 is 10.6 Å². The SMILES string of the molecule is Cn1c(C(=O)NC(Cc2ccccc2)C(NC(=O)O)C(C)(C)C)cc(Br)c1Br. The molecule has 0 radical (unpaired) electrons. The Bertz CT molecular complexity index is 844. The van der Waals surface area contributed by atoms with Crippen LogP contribution in [0.15, 0.2) is 45.5 Å². The quantitative estimate of drug-likeness (QED) is 0.527. The molecule has 2 aromatic rings. The lowest BCUT2D eigenvalue weighted by molar-refractivity contribution is 0.0892. The van der Waals surface area contributed by atoms with Crippen molar-refractivity contribution in [3.63, 3.8) is 0 Å². The fourth-order valence-corrected chi connectivity index (χ4v) is 3.96. The normalized spacial score (nSPS) is 13.6. The van der Waals surface area contributed by atoms with Crippen molar-refractivity contribution in [2.75, 3.05) is 0 Å². The van der Waals surface area contributed by atoms with Gasteiger partial charge < -0.3 is 20.3 Å². The van der Waals surface area contributed by atoms with E-state index in [1.807, 2.05) is 51.1 Å². The number of benzene rings is 1. The molecule has 152 valence electrons. The van der Waals surface area contributed by atoms with Crippen molar-refractivity contribution >= 4 is 43.9 Å². The highest BCUT2D eigenvalue weighted by molar-refractivity contribution is 9.13. The van der Waals surface area contributed by atoms with Crippen LogP contribution in [0.5, 0.6) is 0 Å². The van der Waals surface area contributed by atoms with Crippen molar-refractivity contribution in [3.05, 3.63) is 56.7 Å². The van der Waals surface area contributed by atoms with Gasteiger partial charge in [0.1, 0.15) is 5.69 Å². The van der Waals surface area contributed by atoms with Gasteiger partial charge in [-0.15, -0.1) is 0 Å². The van der Waals surface area contributed by atoms with E-state index in [4.69, 9.17) is 0 Å². The van der Waals surface area contributed by atoms with Gasteiger partial charge in [-0.2, -0.15) is 0 Å². The van der Waals surface area contributed by atoms with Crippen molar-refractivity contribution in [2.45, 2.75) is 39.3 Å². The first-order valence-electron chi connectivity index (χ1n) is 8.85. The number of nitrogens with one attached hydrogen (secondary N) is 2. The predicted octanol–water partition coefficient (Wildman–Crippen LogP) is 4.57. The van der Waals surface area contributed by atoms with Gasteiger partial charge in [-0.25, -0.2) is 4.79 Å². The first-order valence-corrected chi connectivity index (χ1v) is 10.4. The third-order valence-electron chi connectivity index (χ3n) is 4.58. The van der Waals surface area contributed by atoms with Crippen molar-refractivity contribution in [2.24, 2.45) is 12.5 Å². The van der Waals surface area contributed by atoms with Gasteiger partial charge in [-0.05, 0) is 55.3 Å². The second-order valence-corrected chi connectivity index (χ2v) is 9.40. The Balaban J connectivity index is 2.37. The van der Waals surface area contributed by atoms with E-state index in [2.05, 4.69) is 42.5 Å². The highest BCUT2D eigenvalue weighted by Crippen LogP contribution is 2.27. The average Bonchev–Trinajstić information content (AvgIpc) is 2.86. The number of amides is 2. The maximum atomic E-state index is 13.0. The lowest BCUT2D eigenvalue weighted by Gasteiger charge is -2.37. The summed E-state index contributed by atoms with van der Waals surface area (Å²) in [7, 11) is 1.78. The molecule has 0 bridgehead atoms. The average molecular weight is 515 g/mol. The van der Waals surface area contributed by atoms with Crippen molar-refractivity contribution < 1.29 is 14.7 Å². The number of carbonyl (C=O) groups is 2. The molecule has 8 heteroatoms. The number of hydrogen-bond acceptors (Lipinski definition) is 2. The Hall–Kier alpha value is -1.80. The molecule has 0 aliphatic heterocycles. The van der Waals surface area contributed by atoms with Crippen molar-refractivity contribution in [1.29, 1.82) is 0 Å². The minimum atomic E-state index is -1.11. The molecule has 3 N–H and O–H groups in total. The van der Waals surface area contributed by atoms with Crippen molar-refractivity contribution in [3.8, 4) is 0 Å². The fourth-order valence-electron chi connectivity index (χ4n) is 3.18. The number of rotatable bonds is 6. The van der Waals surface area contributed by atoms with Crippen LogP contribution in [0.2, 0.25) is 0 Å². The van der Waals surface area contributed by atoms with Gasteiger partial charge in [0.05, 0.1) is 21.2 Å². The smallest absolute Gasteiger partial charge is 0.404 e. The highest BCUT2D eigenvalue weighted by Gasteiger charge is 2.35. The molecule has 2 unspecified atom stereocenters. The van der Waals surface area contributed by atoms with Crippen molar-refractivity contribution in [1.82, 2.24) is 15.2 Å². The lowest BCUT2D eigenvalue weighted by atomic mass is 9.80. The third kappa shape index (κ3) is 5.61. The molecule has 1 heterocycles. The van der Waals surface area contributed by atoms with E-state index in [9.17, 15) is 14.7 Å². The molecule has 2 atom stereocenters. The van der Waals surface area contributed by atoms with Gasteiger partial charge in [0.2, 0.25) is 0 Å². The molecular formula is C20H25Br2N3O3. The van der Waals surface area contributed by atoms with Gasteiger partial charge >= 0.3 is 6.09 Å². The molecule has 0 saturated heterocycles. The summed E-state index contributed by atoms with van der Waals surface area (Å²) >= 11 is 6.84. The fraction of sp³-hybridized carbons (Fsp3) is 0.400. The van der Waals surface area contributed by atoms with Crippen LogP contribution in [-0.4, -0.2) is 33.8 Å². The Labute approximate surface area is 182 Å². The summed E-state index contributed by atoms with van der Waals surface area (Å²) in [6.07, 6.45) is -0.613. The first-order chi connectivity index (χ1) is 13.0. The molecule has 0 aliphatic carbocycles. The second kappa shape index (κ2) is 9.13. The molecule has 1 aromatic carbocycles. The van der Waals surface area contributed by atoms with E-state index < -0.39 is 23.6 Å². The van der Waals surface area contributed by atoms with E-state index in [1.54, 1.807) is 17.7 Å². The molecule has 28 heavy (non-hydrogen) atoms. The molecule has 0 spiro atoms. The number of hydrogen-bond donors (Lipinski definition) is 3. The summed E-state index contributed by atoms with van der Waals surface area (Å²) in [5.41, 5.74) is 1.09. The lowest BCUT2D eigenvalue weighted by Crippen LogP contribution is -2.58. The molecule has 0 saturated carbocycles. The Morgan fingerprint density at radius 1 is 1.14 bits per heavy atom. The van der Waals surface area contributed by atoms with Gasteiger partial charge in [-0.1, -0.05) is 51.1 Å². The summed E-state index contributed by atoms with van der Waals surface area (Å²) in [4.78, 5) is 24.4. The second-order valence-electron chi connectivity index (χ2n) is 7.79. The van der Waals surface area contributed by atoms with Crippen LogP contribution in [0.1, 0.15) is 36.8 Å². The summed E-state index contributed by atoms with van der Waals surface area (Å²) < 4.78 is 3.26. The number of halogens is 2. The van der Waals surface area contributed by atoms with Gasteiger partial charge in [0.15, 0.2) is 0 Å². The van der Waals surface area contributed by atoms with Crippen LogP contribution >= 0.6 is 31.9 Å². The van der Waals surface area contributed by atoms with E-state index in [-0.39, 0.29) is 5.91 Å². The number of carboxylic acid groups (broad SMARTS) is 1. The Morgan fingerprint density at radius 3 is 2.21 bits per heavy atom. The number of nitrogens with zero attached hydrogens (tertiary/aromatic N) is 1. The molecule has 1 aromatic heterocycles. The zero-order valence-electron chi connectivity index (χ0n) is 16.3. The van der Waals surface area contributed by atoms with Crippen LogP contribution in [0.25, 0.3) is 0 Å². The van der Waals surface area contributed by atoms with Gasteiger partial charge in [0.25, 0.3) is 5.91 Å². The van der Waals surface area contributed by atoms with E-state index in [1.165, 1.54) is 0 Å². The number of carbonyl (C=O) groups excluding carboxylic acids is 1. The van der Waals surface area contributed by atoms with Crippen LogP contribution in [-0.2, 0) is 13.5 Å². The maximum absolute atomic E-state index is 13.0. The Morgan fingerprint density at radius 2 is 1.75 bits per heavy atom. The van der Waals surface area contributed by atoms with Crippen LogP contribution in [0, 0.1) is 5.41 Å². The predicted molar refractivity (Wildman–Crippen MR) is 117 cm³/mol. The van der Waals surface area contributed by atoms with E-state index in [0.717, 1.165) is 14.6 Å². The van der Waals surface area contributed by atoms with Gasteiger partial charge in [-0.3, -0.25) is 4.79 Å². The van der Waals surface area contributed by atoms with Gasteiger partial charge in [0, 0.05) is 7.05 Å². The topological polar surface area (TPSA) is 83.4 Å². The van der Waals surface area contributed by atoms with E-state index in [0.29, 0.717) is 12.1 Å². The highest BCUT2D eigenvalue weighted by atomic mass is 79.9. The molecule has 2 amide bonds. The molecule has 0 aliphatic rings. The molecular weight excluding hydrogens is 490 g/mol. The summed E-state index contributed by atoms with van der Waals surface area (Å²) in [5.74, 6) is -0.267. The first kappa shape index (κ1) is 22.5. The monoisotopic (exact) mass is 513 g/mol. The molecule has 0 fully saturated rings. The summed E-state index contributed by atoms with van der Waals surface area (Å²) in [5, 5.41) is 15.0. The van der Waals surface area contributed by atoms with E-state index >= 15 is 0 Å². The minimum absolute atomic E-state index is 0.267. The largest absolute Gasteiger partial charge is 0.465 e. The standard InChI is InChI=1S/C20H25Br2N3O3/c1-20(2,3)16(24-19(27)28)14(10-12-8-6-5-7-9-12)23-18(26)15-11-13(21)17(22)25(15)4/h5-9,11,14,16,24H,10H2,1-4H3,(H,23,26)(H,27,28). The maximum Gasteiger partial charge on any atom is 0.404 e. The number of aromatic nitrogens is 1. The zero-order valence-corrected chi connectivity index (χ0v) is 19.5.